The molecule has 1 fully saturated rings. The van der Waals surface area contributed by atoms with Gasteiger partial charge in [-0.2, -0.15) is 0 Å². The first-order valence-corrected chi connectivity index (χ1v) is 6.42. The first-order chi connectivity index (χ1) is 6.18. The van der Waals surface area contributed by atoms with Gasteiger partial charge in [0, 0.05) is 17.9 Å². The van der Waals surface area contributed by atoms with E-state index in [1.165, 1.54) is 45.2 Å². The molecule has 0 radical (unpaired) electrons. The second-order valence-electron chi connectivity index (χ2n) is 4.51. The number of alkyl halides is 1. The van der Waals surface area contributed by atoms with Crippen LogP contribution in [-0.2, 0) is 0 Å². The van der Waals surface area contributed by atoms with E-state index in [-0.39, 0.29) is 0 Å². The molecule has 78 valence electrons. The largest absolute Gasteiger partial charge is 0.305 e. The van der Waals surface area contributed by atoms with E-state index in [0.717, 1.165) is 5.92 Å². The quantitative estimate of drug-likeness (QED) is 0.690. The normalized spacial score (nSPS) is 22.2. The maximum atomic E-state index is 3.60. The molecule has 1 unspecified atom stereocenters. The van der Waals surface area contributed by atoms with E-state index < -0.39 is 0 Å². The van der Waals surface area contributed by atoms with Gasteiger partial charge < -0.3 is 4.90 Å². The van der Waals surface area contributed by atoms with Crippen molar-refractivity contribution in [1.82, 2.24) is 4.90 Å². The molecule has 13 heavy (non-hydrogen) atoms. The minimum absolute atomic E-state index is 0.626. The van der Waals surface area contributed by atoms with E-state index >= 15 is 0 Å². The Kier molecular flexibility index (Phi) is 5.34. The molecule has 0 aromatic heterocycles. The summed E-state index contributed by atoms with van der Waals surface area (Å²) in [4.78, 5) is 3.09. The van der Waals surface area contributed by atoms with Crippen LogP contribution in [0.25, 0.3) is 0 Å². The molecular formula is C11H22BrN. The molecule has 1 rings (SSSR count). The van der Waals surface area contributed by atoms with Crippen LogP contribution in [0.5, 0.6) is 0 Å². The summed E-state index contributed by atoms with van der Waals surface area (Å²) in [5.41, 5.74) is 0. The lowest BCUT2D eigenvalue weighted by molar-refractivity contribution is 0.236. The number of hydrogen-bond acceptors (Lipinski definition) is 1. The molecule has 0 aromatic rings. The molecule has 0 N–H and O–H groups in total. The highest BCUT2D eigenvalue weighted by Gasteiger charge is 2.15. The van der Waals surface area contributed by atoms with Gasteiger partial charge in [-0.1, -0.05) is 42.1 Å². The van der Waals surface area contributed by atoms with Crippen molar-refractivity contribution in [2.24, 2.45) is 5.92 Å². The van der Waals surface area contributed by atoms with Crippen LogP contribution in [0.2, 0.25) is 0 Å². The van der Waals surface area contributed by atoms with Crippen molar-refractivity contribution >= 4 is 15.9 Å². The Balaban J connectivity index is 2.14. The zero-order chi connectivity index (χ0) is 9.68. The van der Waals surface area contributed by atoms with Crippen molar-refractivity contribution < 1.29 is 0 Å². The van der Waals surface area contributed by atoms with E-state index in [1.54, 1.807) is 0 Å². The second-order valence-corrected chi connectivity index (χ2v) is 6.07. The Bertz CT molecular complexity index is 130. The van der Waals surface area contributed by atoms with Crippen molar-refractivity contribution in [2.45, 2.75) is 43.9 Å². The van der Waals surface area contributed by atoms with E-state index in [0.29, 0.717) is 4.83 Å². The maximum Gasteiger partial charge on any atom is 0.0244 e. The van der Waals surface area contributed by atoms with Crippen molar-refractivity contribution in [1.29, 1.82) is 0 Å². The van der Waals surface area contributed by atoms with Gasteiger partial charge in [0.25, 0.3) is 0 Å². The monoisotopic (exact) mass is 247 g/mol. The summed E-state index contributed by atoms with van der Waals surface area (Å²) in [5, 5.41) is 0. The topological polar surface area (TPSA) is 3.24 Å². The summed E-state index contributed by atoms with van der Waals surface area (Å²) in [5.74, 6) is 0.977. The van der Waals surface area contributed by atoms with Crippen LogP contribution in [0.15, 0.2) is 0 Å². The van der Waals surface area contributed by atoms with Gasteiger partial charge in [0.1, 0.15) is 0 Å². The summed E-state index contributed by atoms with van der Waals surface area (Å²) in [6.45, 7) is 4.70. The molecule has 0 aliphatic heterocycles. The third kappa shape index (κ3) is 5.02. The minimum atomic E-state index is 0.626. The Hall–Kier alpha value is 0.440. The lowest BCUT2D eigenvalue weighted by Gasteiger charge is -2.27. The van der Waals surface area contributed by atoms with Crippen molar-refractivity contribution in [3.05, 3.63) is 0 Å². The van der Waals surface area contributed by atoms with Gasteiger partial charge in [0.2, 0.25) is 0 Å². The van der Waals surface area contributed by atoms with Crippen molar-refractivity contribution in [3.63, 3.8) is 0 Å². The molecular weight excluding hydrogens is 226 g/mol. The fourth-order valence-electron chi connectivity index (χ4n) is 2.31. The van der Waals surface area contributed by atoms with Gasteiger partial charge in [-0.15, -0.1) is 0 Å². The first kappa shape index (κ1) is 11.5. The molecule has 1 saturated carbocycles. The molecule has 0 saturated heterocycles. The fourth-order valence-corrected chi connectivity index (χ4v) is 2.81. The molecule has 0 spiro atoms. The van der Waals surface area contributed by atoms with E-state index in [2.05, 4.69) is 34.8 Å². The van der Waals surface area contributed by atoms with Gasteiger partial charge in [-0.25, -0.2) is 0 Å². The van der Waals surface area contributed by atoms with Crippen LogP contribution in [0.4, 0.5) is 0 Å². The Labute approximate surface area is 91.0 Å². The molecule has 0 amide bonds. The average molecular weight is 248 g/mol. The zero-order valence-corrected chi connectivity index (χ0v) is 10.5. The molecule has 2 heteroatoms. The Morgan fingerprint density at radius 1 is 1.31 bits per heavy atom. The van der Waals surface area contributed by atoms with E-state index in [9.17, 15) is 0 Å². The van der Waals surface area contributed by atoms with Gasteiger partial charge >= 0.3 is 0 Å². The number of hydrogen-bond donors (Lipinski definition) is 0. The second kappa shape index (κ2) is 6.02. The highest BCUT2D eigenvalue weighted by molar-refractivity contribution is 9.09. The molecule has 1 aliphatic carbocycles. The smallest absolute Gasteiger partial charge is 0.0244 e. The summed E-state index contributed by atoms with van der Waals surface area (Å²) >= 11 is 3.60. The molecule has 0 bridgehead atoms. The lowest BCUT2D eigenvalue weighted by atomic mass is 9.89. The predicted octanol–water partition coefficient (Wildman–Crippen LogP) is 3.28. The highest BCUT2D eigenvalue weighted by Crippen LogP contribution is 2.24. The first-order valence-electron chi connectivity index (χ1n) is 5.51. The van der Waals surface area contributed by atoms with Crippen LogP contribution < -0.4 is 0 Å². The zero-order valence-electron chi connectivity index (χ0n) is 8.93. The molecule has 1 nitrogen and oxygen atoms in total. The summed E-state index contributed by atoms with van der Waals surface area (Å²) in [6.07, 6.45) is 7.31. The number of nitrogens with zero attached hydrogens (tertiary/aromatic N) is 1. The van der Waals surface area contributed by atoms with Crippen LogP contribution in [0.1, 0.15) is 39.0 Å². The Morgan fingerprint density at radius 2 is 1.92 bits per heavy atom. The lowest BCUT2D eigenvalue weighted by Crippen LogP contribution is -2.30. The molecule has 1 aliphatic rings. The van der Waals surface area contributed by atoms with Crippen molar-refractivity contribution in [3.8, 4) is 0 Å². The Morgan fingerprint density at radius 3 is 2.46 bits per heavy atom. The molecule has 1 atom stereocenters. The summed E-state index contributed by atoms with van der Waals surface area (Å²) in [6, 6.07) is 0. The third-order valence-electron chi connectivity index (χ3n) is 2.86. The summed E-state index contributed by atoms with van der Waals surface area (Å²) < 4.78 is 0. The van der Waals surface area contributed by atoms with E-state index in [4.69, 9.17) is 0 Å². The van der Waals surface area contributed by atoms with Crippen LogP contribution in [0.3, 0.4) is 0 Å². The number of halogens is 1. The van der Waals surface area contributed by atoms with E-state index in [1.807, 2.05) is 0 Å². The molecule has 0 aromatic carbocycles. The van der Waals surface area contributed by atoms with Gasteiger partial charge in [0.05, 0.1) is 0 Å². The minimum Gasteiger partial charge on any atom is -0.305 e. The highest BCUT2D eigenvalue weighted by atomic mass is 79.9. The number of rotatable bonds is 4. The fraction of sp³-hybridized carbons (Fsp3) is 1.00. The maximum absolute atomic E-state index is 3.60. The van der Waals surface area contributed by atoms with Crippen LogP contribution >= 0.6 is 15.9 Å². The van der Waals surface area contributed by atoms with Gasteiger partial charge in [0.15, 0.2) is 0 Å². The van der Waals surface area contributed by atoms with Crippen molar-refractivity contribution in [2.75, 3.05) is 20.1 Å². The molecule has 0 heterocycles. The third-order valence-corrected chi connectivity index (χ3v) is 3.15. The average Bonchev–Trinajstić information content (AvgIpc) is 2.04. The van der Waals surface area contributed by atoms with Gasteiger partial charge in [-0.05, 0) is 25.8 Å². The standard InChI is InChI=1S/C11H22BrN/c1-10(12)8-13(2)9-11-6-4-3-5-7-11/h10-11H,3-9H2,1-2H3. The van der Waals surface area contributed by atoms with Gasteiger partial charge in [-0.3, -0.25) is 0 Å². The predicted molar refractivity (Wildman–Crippen MR) is 62.5 cm³/mol. The summed E-state index contributed by atoms with van der Waals surface area (Å²) in [7, 11) is 2.24. The van der Waals surface area contributed by atoms with Crippen LogP contribution in [-0.4, -0.2) is 29.9 Å². The SMILES string of the molecule is CC(Br)CN(C)CC1CCCCC1. The van der Waals surface area contributed by atoms with Crippen LogP contribution in [0, 0.1) is 5.92 Å².